The van der Waals surface area contributed by atoms with Gasteiger partial charge in [0.1, 0.15) is 17.3 Å². The van der Waals surface area contributed by atoms with E-state index in [1.807, 2.05) is 23.1 Å². The fourth-order valence-corrected chi connectivity index (χ4v) is 5.16. The molecule has 3 rings (SSSR count). The van der Waals surface area contributed by atoms with Crippen molar-refractivity contribution in [3.63, 3.8) is 0 Å². The minimum absolute atomic E-state index is 0.0268. The summed E-state index contributed by atoms with van der Waals surface area (Å²) in [6, 6.07) is 5.48. The molecule has 6 nitrogen and oxygen atoms in total. The Labute approximate surface area is 204 Å². The van der Waals surface area contributed by atoms with Gasteiger partial charge in [-0.2, -0.15) is 0 Å². The van der Waals surface area contributed by atoms with E-state index in [4.69, 9.17) is 16.3 Å². The predicted molar refractivity (Wildman–Crippen MR) is 132 cm³/mol. The Bertz CT molecular complexity index is 821. The Morgan fingerprint density at radius 1 is 1.18 bits per heavy atom. The predicted octanol–water partition coefficient (Wildman–Crippen LogP) is 4.64. The second-order valence-corrected chi connectivity index (χ2v) is 10.3. The van der Waals surface area contributed by atoms with Crippen LogP contribution >= 0.6 is 11.6 Å². The van der Waals surface area contributed by atoms with Crippen LogP contribution in [-0.4, -0.2) is 59.4 Å². The van der Waals surface area contributed by atoms with Gasteiger partial charge in [0.25, 0.3) is 0 Å². The molecule has 2 aliphatic rings. The van der Waals surface area contributed by atoms with Crippen LogP contribution in [-0.2, 0) is 16.1 Å². The van der Waals surface area contributed by atoms with Gasteiger partial charge in [0.05, 0.1) is 6.61 Å². The molecule has 1 atom stereocenters. The maximum absolute atomic E-state index is 13.4. The number of amides is 2. The number of nitrogens with one attached hydrogen (secondary N) is 1. The summed E-state index contributed by atoms with van der Waals surface area (Å²) in [6.07, 6.45) is 4.86. The lowest BCUT2D eigenvalue weighted by atomic mass is 9.80. The maximum atomic E-state index is 13.4. The highest BCUT2D eigenvalue weighted by atomic mass is 35.5. The molecular weight excluding hydrogens is 438 g/mol. The van der Waals surface area contributed by atoms with Crippen molar-refractivity contribution in [2.24, 2.45) is 5.92 Å². The van der Waals surface area contributed by atoms with Crippen molar-refractivity contribution in [3.8, 4) is 5.75 Å². The minimum Gasteiger partial charge on any atom is -0.494 e. The second kappa shape index (κ2) is 11.6. The Morgan fingerprint density at radius 2 is 1.91 bits per heavy atom. The molecule has 184 valence electrons. The van der Waals surface area contributed by atoms with E-state index in [1.54, 1.807) is 0 Å². The zero-order chi connectivity index (χ0) is 24.0. The van der Waals surface area contributed by atoms with Crippen LogP contribution in [0.2, 0.25) is 5.02 Å². The average Bonchev–Trinajstić information content (AvgIpc) is 2.78. The van der Waals surface area contributed by atoms with E-state index in [2.05, 4.69) is 37.9 Å². The van der Waals surface area contributed by atoms with Crippen molar-refractivity contribution in [1.82, 2.24) is 15.1 Å². The molecule has 1 unspecified atom stereocenters. The molecule has 0 bridgehead atoms. The van der Waals surface area contributed by atoms with E-state index in [1.165, 1.54) is 0 Å². The van der Waals surface area contributed by atoms with Crippen molar-refractivity contribution in [2.45, 2.75) is 84.3 Å². The number of hydrogen-bond acceptors (Lipinski definition) is 4. The Balaban J connectivity index is 1.68. The molecular formula is C26H40ClN3O3. The van der Waals surface area contributed by atoms with Crippen LogP contribution in [0.1, 0.15) is 71.8 Å². The van der Waals surface area contributed by atoms with Crippen molar-refractivity contribution in [3.05, 3.63) is 28.8 Å². The van der Waals surface area contributed by atoms with Gasteiger partial charge < -0.3 is 15.0 Å². The molecule has 2 amide bonds. The average molecular weight is 478 g/mol. The molecule has 0 aromatic heterocycles. The van der Waals surface area contributed by atoms with Gasteiger partial charge in [0, 0.05) is 31.2 Å². The number of piperazine rings is 1. The summed E-state index contributed by atoms with van der Waals surface area (Å²) < 4.78 is 5.67. The summed E-state index contributed by atoms with van der Waals surface area (Å²) in [5.74, 6) is 1.27. The summed E-state index contributed by atoms with van der Waals surface area (Å²) in [6.45, 7) is 11.9. The van der Waals surface area contributed by atoms with E-state index in [0.717, 1.165) is 50.2 Å². The van der Waals surface area contributed by atoms with Crippen molar-refractivity contribution >= 4 is 23.4 Å². The number of unbranched alkanes of at least 4 members (excludes halogenated alkanes) is 1. The molecule has 1 N–H and O–H groups in total. The zero-order valence-electron chi connectivity index (χ0n) is 20.7. The van der Waals surface area contributed by atoms with Crippen LogP contribution in [0.5, 0.6) is 5.75 Å². The highest BCUT2D eigenvalue weighted by Crippen LogP contribution is 2.35. The van der Waals surface area contributed by atoms with Crippen molar-refractivity contribution in [1.29, 1.82) is 0 Å². The Kier molecular flexibility index (Phi) is 9.05. The number of rotatable bonds is 10. The first kappa shape index (κ1) is 25.8. The summed E-state index contributed by atoms with van der Waals surface area (Å²) >= 11 is 6.53. The summed E-state index contributed by atoms with van der Waals surface area (Å²) in [4.78, 5) is 31.0. The largest absolute Gasteiger partial charge is 0.494 e. The third-order valence-electron chi connectivity index (χ3n) is 6.83. The summed E-state index contributed by atoms with van der Waals surface area (Å²) in [5, 5.41) is 3.78. The lowest BCUT2D eigenvalue weighted by molar-refractivity contribution is -0.161. The number of carbonyl (C=O) groups is 2. The van der Waals surface area contributed by atoms with Crippen LogP contribution in [0.15, 0.2) is 18.2 Å². The number of ether oxygens (including phenoxy) is 1. The second-order valence-electron chi connectivity index (χ2n) is 9.91. The number of halogens is 1. The monoisotopic (exact) mass is 477 g/mol. The molecule has 0 saturated carbocycles. The minimum atomic E-state index is -0.724. The number of piperidine rings is 1. The highest BCUT2D eigenvalue weighted by molar-refractivity contribution is 6.31. The van der Waals surface area contributed by atoms with Crippen LogP contribution in [0.4, 0.5) is 0 Å². The molecule has 2 aliphatic heterocycles. The summed E-state index contributed by atoms with van der Waals surface area (Å²) in [7, 11) is 0. The molecule has 2 heterocycles. The number of likely N-dealkylation sites (tertiary alicyclic amines) is 1. The normalized spacial score (nSPS) is 21.0. The van der Waals surface area contributed by atoms with Crippen molar-refractivity contribution in [2.75, 3.05) is 26.2 Å². The molecule has 2 saturated heterocycles. The van der Waals surface area contributed by atoms with Crippen molar-refractivity contribution < 1.29 is 14.3 Å². The van der Waals surface area contributed by atoms with Gasteiger partial charge in [-0.25, -0.2) is 0 Å². The lowest BCUT2D eigenvalue weighted by Gasteiger charge is -2.52. The Hall–Kier alpha value is -1.79. The van der Waals surface area contributed by atoms with E-state index >= 15 is 0 Å². The molecule has 1 spiro atoms. The van der Waals surface area contributed by atoms with Gasteiger partial charge in [-0.1, -0.05) is 51.8 Å². The molecule has 1 aromatic carbocycles. The lowest BCUT2D eigenvalue weighted by Crippen LogP contribution is -2.73. The fourth-order valence-electron chi connectivity index (χ4n) is 4.93. The van der Waals surface area contributed by atoms with E-state index < -0.39 is 11.6 Å². The van der Waals surface area contributed by atoms with Crippen LogP contribution in [0, 0.1) is 5.92 Å². The molecule has 33 heavy (non-hydrogen) atoms. The first-order valence-corrected chi connectivity index (χ1v) is 12.9. The number of carbonyl (C=O) groups excluding carboxylic acids is 2. The fraction of sp³-hybridized carbons (Fsp3) is 0.692. The van der Waals surface area contributed by atoms with E-state index in [9.17, 15) is 9.59 Å². The van der Waals surface area contributed by atoms with Crippen LogP contribution < -0.4 is 10.1 Å². The Morgan fingerprint density at radius 3 is 2.52 bits per heavy atom. The van der Waals surface area contributed by atoms with Gasteiger partial charge in [0.2, 0.25) is 11.8 Å². The van der Waals surface area contributed by atoms with Crippen LogP contribution in [0.25, 0.3) is 0 Å². The van der Waals surface area contributed by atoms with Crippen LogP contribution in [0.3, 0.4) is 0 Å². The maximum Gasteiger partial charge on any atom is 0.246 e. The zero-order valence-corrected chi connectivity index (χ0v) is 21.4. The van der Waals surface area contributed by atoms with Gasteiger partial charge in [-0.3, -0.25) is 14.5 Å². The highest BCUT2D eigenvalue weighted by Gasteiger charge is 2.53. The van der Waals surface area contributed by atoms with E-state index in [-0.39, 0.29) is 11.8 Å². The molecule has 0 aliphatic carbocycles. The van der Waals surface area contributed by atoms with Gasteiger partial charge in [-0.15, -0.1) is 0 Å². The van der Waals surface area contributed by atoms with Gasteiger partial charge >= 0.3 is 0 Å². The first-order valence-electron chi connectivity index (χ1n) is 12.6. The quantitative estimate of drug-likeness (QED) is 0.533. The topological polar surface area (TPSA) is 61.9 Å². The molecule has 0 radical (unpaired) electrons. The number of benzene rings is 1. The molecule has 2 fully saturated rings. The van der Waals surface area contributed by atoms with E-state index in [0.29, 0.717) is 43.4 Å². The number of hydrogen-bond donors (Lipinski definition) is 1. The third kappa shape index (κ3) is 6.02. The standard InChI is InChI=1S/C26H40ClN3O3/c1-5-7-12-30-24(31)23(16-19(3)4)28-25(32)26(30)10-13-29(14-11-26)18-20-8-9-21(17-22(20)27)33-15-6-2/h8-9,17,19,23H,5-7,10-16,18H2,1-4H3,(H,28,32). The van der Waals surface area contributed by atoms with Gasteiger partial charge in [0.15, 0.2) is 0 Å². The third-order valence-corrected chi connectivity index (χ3v) is 7.18. The SMILES string of the molecule is CCCCN1C(=O)C(CC(C)C)NC(=O)C12CCN(Cc1ccc(OCCC)cc1Cl)CC2. The summed E-state index contributed by atoms with van der Waals surface area (Å²) in [5.41, 5.74) is 0.332. The first-order chi connectivity index (χ1) is 15.8. The van der Waals surface area contributed by atoms with Gasteiger partial charge in [-0.05, 0) is 55.7 Å². The molecule has 1 aromatic rings. The smallest absolute Gasteiger partial charge is 0.246 e. The number of nitrogens with zero attached hydrogens (tertiary/aromatic N) is 2. The molecule has 7 heteroatoms.